The molecule has 0 saturated carbocycles. The van der Waals surface area contributed by atoms with Gasteiger partial charge in [0, 0.05) is 6.07 Å². The second-order valence-electron chi connectivity index (χ2n) is 5.83. The van der Waals surface area contributed by atoms with Gasteiger partial charge in [0.2, 0.25) is 0 Å². The zero-order chi connectivity index (χ0) is 21.0. The molecule has 0 aliphatic heterocycles. The number of halogens is 2. The smallest absolute Gasteiger partial charge is 0.387 e. The number of benzene rings is 2. The molecule has 152 valence electrons. The Hall–Kier alpha value is -3.69. The average Bonchev–Trinajstić information content (AvgIpc) is 3.10. The van der Waals surface area contributed by atoms with Crippen LogP contribution in [0, 0.1) is 6.92 Å². The lowest BCUT2D eigenvalue weighted by Gasteiger charge is -2.11. The Kier molecular flexibility index (Phi) is 5.91. The quantitative estimate of drug-likeness (QED) is 0.649. The second kappa shape index (κ2) is 8.55. The van der Waals surface area contributed by atoms with Crippen LogP contribution in [0.5, 0.6) is 17.2 Å². The summed E-state index contributed by atoms with van der Waals surface area (Å²) in [4.78, 5) is 12.7. The topological polar surface area (TPSA) is 87.5 Å². The van der Waals surface area contributed by atoms with Crippen molar-refractivity contribution in [2.45, 2.75) is 13.5 Å². The summed E-state index contributed by atoms with van der Waals surface area (Å²) in [6.45, 7) is -1.23. The molecule has 1 N–H and O–H groups in total. The third-order valence-electron chi connectivity index (χ3n) is 4.07. The molecule has 0 aliphatic carbocycles. The van der Waals surface area contributed by atoms with Crippen LogP contribution in [-0.4, -0.2) is 41.7 Å². The van der Waals surface area contributed by atoms with Crippen molar-refractivity contribution in [3.8, 4) is 22.9 Å². The van der Waals surface area contributed by atoms with E-state index < -0.39 is 12.5 Å². The van der Waals surface area contributed by atoms with Crippen molar-refractivity contribution in [1.29, 1.82) is 0 Å². The second-order valence-corrected chi connectivity index (χ2v) is 5.83. The molecule has 3 aromatic rings. The Labute approximate surface area is 165 Å². The minimum atomic E-state index is -2.90. The zero-order valence-electron chi connectivity index (χ0n) is 15.8. The lowest BCUT2D eigenvalue weighted by atomic mass is 10.2. The lowest BCUT2D eigenvalue weighted by molar-refractivity contribution is -0.0498. The number of nitrogens with zero attached hydrogens (tertiary/aromatic N) is 3. The molecule has 1 amide bonds. The van der Waals surface area contributed by atoms with Gasteiger partial charge in [0.15, 0.2) is 5.69 Å². The van der Waals surface area contributed by atoms with Crippen LogP contribution in [0.3, 0.4) is 0 Å². The standard InChI is InChI=1S/C19H18F2N4O4/c1-11-17(18(26)22-15-9-8-14(27-2)10-16(15)28-3)23-24-25(11)12-4-6-13(7-5-12)29-19(20)21/h4-10,19H,1-3H3,(H,22,26). The van der Waals surface area contributed by atoms with Crippen LogP contribution in [-0.2, 0) is 0 Å². The number of hydrogen-bond donors (Lipinski definition) is 1. The fourth-order valence-corrected chi connectivity index (χ4v) is 2.64. The summed E-state index contributed by atoms with van der Waals surface area (Å²) in [5.74, 6) is 0.555. The number of hydrogen-bond acceptors (Lipinski definition) is 6. The van der Waals surface area contributed by atoms with Crippen molar-refractivity contribution in [1.82, 2.24) is 15.0 Å². The molecule has 10 heteroatoms. The number of carbonyl (C=O) groups excluding carboxylic acids is 1. The van der Waals surface area contributed by atoms with Gasteiger partial charge in [-0.1, -0.05) is 5.21 Å². The highest BCUT2D eigenvalue weighted by Crippen LogP contribution is 2.29. The molecule has 0 fully saturated rings. The Bertz CT molecular complexity index is 1010. The summed E-state index contributed by atoms with van der Waals surface area (Å²) in [5.41, 5.74) is 1.56. The van der Waals surface area contributed by atoms with E-state index in [-0.39, 0.29) is 11.4 Å². The highest BCUT2D eigenvalue weighted by molar-refractivity contribution is 6.04. The van der Waals surface area contributed by atoms with Crippen molar-refractivity contribution in [2.75, 3.05) is 19.5 Å². The minimum absolute atomic E-state index is 0.0195. The maximum absolute atomic E-state index is 12.7. The normalized spacial score (nSPS) is 10.7. The number of anilines is 1. The molecule has 1 aromatic heterocycles. The van der Waals surface area contributed by atoms with Crippen molar-refractivity contribution in [3.63, 3.8) is 0 Å². The molecule has 0 atom stereocenters. The van der Waals surface area contributed by atoms with Gasteiger partial charge >= 0.3 is 6.61 Å². The van der Waals surface area contributed by atoms with Crippen LogP contribution < -0.4 is 19.5 Å². The Balaban J connectivity index is 1.81. The molecule has 0 unspecified atom stereocenters. The van der Waals surface area contributed by atoms with E-state index in [0.717, 1.165) is 0 Å². The van der Waals surface area contributed by atoms with E-state index in [1.54, 1.807) is 25.1 Å². The van der Waals surface area contributed by atoms with E-state index in [4.69, 9.17) is 9.47 Å². The molecule has 0 spiro atoms. The largest absolute Gasteiger partial charge is 0.497 e. The summed E-state index contributed by atoms with van der Waals surface area (Å²) >= 11 is 0. The maximum atomic E-state index is 12.7. The summed E-state index contributed by atoms with van der Waals surface area (Å²) in [7, 11) is 3.01. The number of rotatable bonds is 7. The van der Waals surface area contributed by atoms with Crippen molar-refractivity contribution < 1.29 is 27.8 Å². The Morgan fingerprint density at radius 3 is 2.38 bits per heavy atom. The minimum Gasteiger partial charge on any atom is -0.497 e. The molecule has 8 nitrogen and oxygen atoms in total. The molecular weight excluding hydrogens is 386 g/mol. The first-order valence-corrected chi connectivity index (χ1v) is 8.44. The van der Waals surface area contributed by atoms with Crippen molar-refractivity contribution >= 4 is 11.6 Å². The molecule has 0 radical (unpaired) electrons. The number of carbonyl (C=O) groups is 1. The van der Waals surface area contributed by atoms with Gasteiger partial charge in [-0.05, 0) is 43.3 Å². The number of ether oxygens (including phenoxy) is 3. The number of amides is 1. The molecule has 29 heavy (non-hydrogen) atoms. The predicted octanol–water partition coefficient (Wildman–Crippen LogP) is 3.45. The number of alkyl halides is 2. The van der Waals surface area contributed by atoms with Gasteiger partial charge < -0.3 is 19.5 Å². The van der Waals surface area contributed by atoms with Gasteiger partial charge in [-0.25, -0.2) is 4.68 Å². The van der Waals surface area contributed by atoms with Gasteiger partial charge in [-0.15, -0.1) is 5.10 Å². The maximum Gasteiger partial charge on any atom is 0.387 e. The third kappa shape index (κ3) is 4.42. The average molecular weight is 404 g/mol. The van der Waals surface area contributed by atoms with Gasteiger partial charge in [-0.3, -0.25) is 4.79 Å². The van der Waals surface area contributed by atoms with Gasteiger partial charge in [0.25, 0.3) is 5.91 Å². The number of nitrogens with one attached hydrogen (secondary N) is 1. The molecule has 2 aromatic carbocycles. The highest BCUT2D eigenvalue weighted by Gasteiger charge is 2.19. The monoisotopic (exact) mass is 404 g/mol. The van der Waals surface area contributed by atoms with Gasteiger partial charge in [0.05, 0.1) is 31.3 Å². The van der Waals surface area contributed by atoms with Crippen LogP contribution in [0.4, 0.5) is 14.5 Å². The van der Waals surface area contributed by atoms with Crippen molar-refractivity contribution in [3.05, 3.63) is 53.9 Å². The van der Waals surface area contributed by atoms with E-state index in [2.05, 4.69) is 20.4 Å². The fourth-order valence-electron chi connectivity index (χ4n) is 2.64. The van der Waals surface area contributed by atoms with Gasteiger partial charge in [0.1, 0.15) is 17.2 Å². The predicted molar refractivity (Wildman–Crippen MR) is 100 cm³/mol. The van der Waals surface area contributed by atoms with E-state index >= 15 is 0 Å². The fraction of sp³-hybridized carbons (Fsp3) is 0.211. The summed E-state index contributed by atoms with van der Waals surface area (Å²) < 4.78 is 40.7. The molecule has 3 rings (SSSR count). The van der Waals surface area contributed by atoms with E-state index in [9.17, 15) is 13.6 Å². The highest BCUT2D eigenvalue weighted by atomic mass is 19.3. The van der Waals surface area contributed by atoms with Crippen LogP contribution in [0.15, 0.2) is 42.5 Å². The SMILES string of the molecule is COc1ccc(NC(=O)c2nnn(-c3ccc(OC(F)F)cc3)c2C)c(OC)c1. The first kappa shape index (κ1) is 20.1. The van der Waals surface area contributed by atoms with Crippen LogP contribution in [0.25, 0.3) is 5.69 Å². The molecular formula is C19H18F2N4O4. The van der Waals surface area contributed by atoms with Gasteiger partial charge in [-0.2, -0.15) is 8.78 Å². The van der Waals surface area contributed by atoms with Crippen LogP contribution >= 0.6 is 0 Å². The van der Waals surface area contributed by atoms with E-state index in [0.29, 0.717) is 28.6 Å². The van der Waals surface area contributed by atoms with Crippen LogP contribution in [0.2, 0.25) is 0 Å². The molecule has 0 saturated heterocycles. The Morgan fingerprint density at radius 1 is 1.07 bits per heavy atom. The van der Waals surface area contributed by atoms with Crippen LogP contribution in [0.1, 0.15) is 16.2 Å². The zero-order valence-corrected chi connectivity index (χ0v) is 15.8. The summed E-state index contributed by atoms with van der Waals surface area (Å²) in [5, 5.41) is 10.6. The first-order valence-electron chi connectivity index (χ1n) is 8.44. The van der Waals surface area contributed by atoms with Crippen molar-refractivity contribution in [2.24, 2.45) is 0 Å². The summed E-state index contributed by atoms with van der Waals surface area (Å²) in [6.07, 6.45) is 0. The first-order chi connectivity index (χ1) is 13.9. The van der Waals surface area contributed by atoms with E-state index in [1.165, 1.54) is 43.2 Å². The molecule has 1 heterocycles. The Morgan fingerprint density at radius 2 is 1.76 bits per heavy atom. The summed E-state index contributed by atoms with van der Waals surface area (Å²) in [6, 6.07) is 10.8. The lowest BCUT2D eigenvalue weighted by Crippen LogP contribution is -2.15. The third-order valence-corrected chi connectivity index (χ3v) is 4.07. The number of aromatic nitrogens is 3. The number of methoxy groups -OCH3 is 2. The molecule has 0 bridgehead atoms. The van der Waals surface area contributed by atoms with E-state index in [1.807, 2.05) is 0 Å². The molecule has 0 aliphatic rings.